The number of hydrogen-bond acceptors (Lipinski definition) is 7. The largest absolute Gasteiger partial charge is 0.333 e. The fourth-order valence-corrected chi connectivity index (χ4v) is 3.25. The van der Waals surface area contributed by atoms with E-state index in [1.807, 2.05) is 27.7 Å². The van der Waals surface area contributed by atoms with Crippen LogP contribution in [-0.4, -0.2) is 36.0 Å². The van der Waals surface area contributed by atoms with Gasteiger partial charge < -0.3 is 14.4 Å². The Kier molecular flexibility index (Phi) is 5.82. The molecule has 144 valence electrons. The van der Waals surface area contributed by atoms with Gasteiger partial charge in [-0.15, -0.1) is 0 Å². The topological polar surface area (TPSA) is 108 Å². The number of anilines is 1. The molecule has 1 saturated heterocycles. The van der Waals surface area contributed by atoms with E-state index in [2.05, 4.69) is 0 Å². The van der Waals surface area contributed by atoms with Crippen LogP contribution in [0.4, 0.5) is 17.1 Å². The van der Waals surface area contributed by atoms with Crippen molar-refractivity contribution in [1.82, 2.24) is 0 Å². The average Bonchev–Trinajstić information content (AvgIpc) is 3.04. The predicted octanol–water partition coefficient (Wildman–Crippen LogP) is 3.66. The number of ether oxygens (including phenoxy) is 2. The van der Waals surface area contributed by atoms with Crippen molar-refractivity contribution in [3.63, 3.8) is 0 Å². The summed E-state index contributed by atoms with van der Waals surface area (Å²) in [6.45, 7) is 10.1. The van der Waals surface area contributed by atoms with Crippen LogP contribution in [0.15, 0.2) is 6.07 Å². The molecule has 0 saturated carbocycles. The van der Waals surface area contributed by atoms with Crippen molar-refractivity contribution in [3.8, 4) is 0 Å². The van der Waals surface area contributed by atoms with E-state index in [-0.39, 0.29) is 17.1 Å². The van der Waals surface area contributed by atoms with Gasteiger partial charge in [0.2, 0.25) is 6.41 Å². The summed E-state index contributed by atoms with van der Waals surface area (Å²) in [5.74, 6) is 0. The van der Waals surface area contributed by atoms with Gasteiger partial charge >= 0.3 is 5.69 Å². The maximum Gasteiger partial charge on any atom is 0.302 e. The van der Waals surface area contributed by atoms with Crippen LogP contribution in [0.2, 0.25) is 0 Å². The lowest BCUT2D eigenvalue weighted by atomic mass is 9.82. The van der Waals surface area contributed by atoms with Crippen LogP contribution in [0.3, 0.4) is 0 Å². The molecule has 26 heavy (non-hydrogen) atoms. The molecule has 0 atom stereocenters. The van der Waals surface area contributed by atoms with Gasteiger partial charge in [-0.3, -0.25) is 20.2 Å². The third-order valence-electron chi connectivity index (χ3n) is 4.30. The van der Waals surface area contributed by atoms with Crippen LogP contribution in [0.5, 0.6) is 0 Å². The molecule has 0 bridgehead atoms. The van der Waals surface area contributed by atoms with E-state index < -0.39 is 21.7 Å². The van der Waals surface area contributed by atoms with E-state index in [1.54, 1.807) is 6.92 Å². The van der Waals surface area contributed by atoms with Gasteiger partial charge in [-0.1, -0.05) is 27.7 Å². The van der Waals surface area contributed by atoms with E-state index >= 15 is 0 Å². The van der Waals surface area contributed by atoms with E-state index in [9.17, 15) is 20.2 Å². The predicted molar refractivity (Wildman–Crippen MR) is 96.5 cm³/mol. The molecule has 0 amide bonds. The molecule has 1 aromatic carbocycles. The standard InChI is InChI=1S/C17H25N3O6/c1-6-7-18(16-25-8-9-26-16)15-13(19(21)22)10-12(17(3,4)5)11(2)14(15)20(23)24/h10,16H,6-9H2,1-5H3. The lowest BCUT2D eigenvalue weighted by molar-refractivity contribution is -0.393. The maximum atomic E-state index is 11.9. The van der Waals surface area contributed by atoms with Crippen molar-refractivity contribution < 1.29 is 19.3 Å². The lowest BCUT2D eigenvalue weighted by Crippen LogP contribution is -2.38. The zero-order valence-corrected chi connectivity index (χ0v) is 15.8. The van der Waals surface area contributed by atoms with Crippen LogP contribution in [0, 0.1) is 27.2 Å². The highest BCUT2D eigenvalue weighted by Gasteiger charge is 2.39. The summed E-state index contributed by atoms with van der Waals surface area (Å²) < 4.78 is 11.0. The zero-order chi connectivity index (χ0) is 19.6. The van der Waals surface area contributed by atoms with Crippen molar-refractivity contribution in [2.45, 2.75) is 52.9 Å². The van der Waals surface area contributed by atoms with Gasteiger partial charge in [-0.05, 0) is 24.3 Å². The Morgan fingerprint density at radius 2 is 1.77 bits per heavy atom. The number of hydrogen-bond donors (Lipinski definition) is 0. The van der Waals surface area contributed by atoms with Gasteiger partial charge in [0.05, 0.1) is 23.1 Å². The number of benzene rings is 1. The highest BCUT2D eigenvalue weighted by atomic mass is 16.7. The molecule has 9 heteroatoms. The minimum atomic E-state index is -0.868. The third-order valence-corrected chi connectivity index (χ3v) is 4.30. The van der Waals surface area contributed by atoms with Crippen LogP contribution in [-0.2, 0) is 14.9 Å². The van der Waals surface area contributed by atoms with E-state index in [4.69, 9.17) is 9.47 Å². The monoisotopic (exact) mass is 367 g/mol. The summed E-state index contributed by atoms with van der Waals surface area (Å²) in [5.41, 5.74) is -0.115. The van der Waals surface area contributed by atoms with Gasteiger partial charge in [0.1, 0.15) is 0 Å². The number of nitro benzene ring substituents is 2. The minimum absolute atomic E-state index is 0.0562. The summed E-state index contributed by atoms with van der Waals surface area (Å²) in [4.78, 5) is 24.0. The Morgan fingerprint density at radius 3 is 2.19 bits per heavy atom. The fourth-order valence-electron chi connectivity index (χ4n) is 3.25. The molecule has 2 rings (SSSR count). The molecular formula is C17H25N3O6. The van der Waals surface area contributed by atoms with Crippen molar-refractivity contribution in [2.75, 3.05) is 24.7 Å². The molecule has 1 fully saturated rings. The first-order chi connectivity index (χ1) is 12.1. The van der Waals surface area contributed by atoms with Crippen molar-refractivity contribution in [3.05, 3.63) is 37.4 Å². The smallest absolute Gasteiger partial charge is 0.302 e. The Bertz CT molecular complexity index is 707. The van der Waals surface area contributed by atoms with E-state index in [0.717, 1.165) is 0 Å². The molecular weight excluding hydrogens is 342 g/mol. The normalized spacial score (nSPS) is 15.3. The zero-order valence-electron chi connectivity index (χ0n) is 15.8. The SMILES string of the molecule is CCCN(c1c([N+](=O)[O-])cc(C(C)(C)C)c(C)c1[N+](=O)[O-])C1OCCO1. The summed E-state index contributed by atoms with van der Waals surface area (Å²) >= 11 is 0. The molecule has 1 aliphatic rings. The lowest BCUT2D eigenvalue weighted by Gasteiger charge is -2.30. The van der Waals surface area contributed by atoms with Gasteiger partial charge in [0.25, 0.3) is 5.69 Å². The van der Waals surface area contributed by atoms with Crippen LogP contribution in [0.1, 0.15) is 45.2 Å². The second-order valence-corrected chi connectivity index (χ2v) is 7.27. The number of nitrogens with zero attached hydrogens (tertiary/aromatic N) is 3. The second kappa shape index (κ2) is 7.55. The highest BCUT2D eigenvalue weighted by Crippen LogP contribution is 2.45. The van der Waals surface area contributed by atoms with Crippen LogP contribution in [0.25, 0.3) is 0 Å². The molecule has 0 aliphatic carbocycles. The minimum Gasteiger partial charge on any atom is -0.333 e. The van der Waals surface area contributed by atoms with Gasteiger partial charge in [-0.2, -0.15) is 0 Å². The second-order valence-electron chi connectivity index (χ2n) is 7.27. The fraction of sp³-hybridized carbons (Fsp3) is 0.647. The first kappa shape index (κ1) is 20.1. The molecule has 1 aliphatic heterocycles. The average molecular weight is 367 g/mol. The summed E-state index contributed by atoms with van der Waals surface area (Å²) in [5, 5.41) is 23.7. The van der Waals surface area contributed by atoms with Gasteiger partial charge in [-0.25, -0.2) is 0 Å². The summed E-state index contributed by atoms with van der Waals surface area (Å²) in [6.07, 6.45) is -0.246. The van der Waals surface area contributed by atoms with Crippen molar-refractivity contribution in [2.24, 2.45) is 0 Å². The molecule has 1 aromatic rings. The summed E-state index contributed by atoms with van der Waals surface area (Å²) in [6, 6.07) is 1.44. The van der Waals surface area contributed by atoms with Crippen molar-refractivity contribution in [1.29, 1.82) is 0 Å². The van der Waals surface area contributed by atoms with Gasteiger partial charge in [0.15, 0.2) is 5.69 Å². The van der Waals surface area contributed by atoms with Crippen LogP contribution >= 0.6 is 0 Å². The highest BCUT2D eigenvalue weighted by molar-refractivity contribution is 5.79. The third kappa shape index (κ3) is 3.78. The molecule has 0 N–H and O–H groups in total. The van der Waals surface area contributed by atoms with Crippen LogP contribution < -0.4 is 4.90 Å². The number of rotatable bonds is 6. The van der Waals surface area contributed by atoms with Crippen molar-refractivity contribution >= 4 is 17.1 Å². The Hall–Kier alpha value is -2.26. The van der Waals surface area contributed by atoms with Gasteiger partial charge in [0, 0.05) is 18.2 Å². The maximum absolute atomic E-state index is 11.9. The Labute approximate surface area is 152 Å². The molecule has 1 heterocycles. The Morgan fingerprint density at radius 1 is 1.19 bits per heavy atom. The summed E-state index contributed by atoms with van der Waals surface area (Å²) in [7, 11) is 0. The van der Waals surface area contributed by atoms with E-state index in [0.29, 0.717) is 37.3 Å². The molecule has 0 radical (unpaired) electrons. The first-order valence-corrected chi connectivity index (χ1v) is 8.56. The van der Waals surface area contributed by atoms with E-state index in [1.165, 1.54) is 11.0 Å². The molecule has 9 nitrogen and oxygen atoms in total. The molecule has 0 aromatic heterocycles. The number of nitro groups is 2. The quantitative estimate of drug-likeness (QED) is 0.557. The Balaban J connectivity index is 2.82. The molecule has 0 unspecified atom stereocenters. The molecule has 0 spiro atoms. The first-order valence-electron chi connectivity index (χ1n) is 8.56.